The fourth-order valence-corrected chi connectivity index (χ4v) is 3.51. The molecule has 1 amide bonds. The summed E-state index contributed by atoms with van der Waals surface area (Å²) in [5.41, 5.74) is 4.25. The summed E-state index contributed by atoms with van der Waals surface area (Å²) < 4.78 is 4.82. The van der Waals surface area contributed by atoms with Gasteiger partial charge in [0.05, 0.1) is 13.5 Å². The van der Waals surface area contributed by atoms with Gasteiger partial charge in [-0.3, -0.25) is 9.59 Å². The molecule has 1 aromatic heterocycles. The van der Waals surface area contributed by atoms with E-state index >= 15 is 0 Å². The Hall–Kier alpha value is -3.34. The van der Waals surface area contributed by atoms with Crippen molar-refractivity contribution < 1.29 is 14.3 Å². The van der Waals surface area contributed by atoms with E-state index in [1.54, 1.807) is 4.90 Å². The Balaban J connectivity index is 1.63. The van der Waals surface area contributed by atoms with Crippen molar-refractivity contribution in [2.45, 2.75) is 6.42 Å². The molecular formula is C22H20N2O3. The molecule has 0 radical (unpaired) electrons. The van der Waals surface area contributed by atoms with E-state index < -0.39 is 0 Å². The number of carbonyl (C=O) groups is 2. The third kappa shape index (κ3) is 3.24. The van der Waals surface area contributed by atoms with Gasteiger partial charge < -0.3 is 14.6 Å². The van der Waals surface area contributed by atoms with Crippen molar-refractivity contribution in [2.24, 2.45) is 0 Å². The largest absolute Gasteiger partial charge is 0.469 e. The molecule has 1 aliphatic rings. The van der Waals surface area contributed by atoms with Crippen LogP contribution in [0.4, 0.5) is 0 Å². The first kappa shape index (κ1) is 17.1. The molecule has 0 atom stereocenters. The lowest BCUT2D eigenvalue weighted by atomic mass is 10.1. The third-order valence-electron chi connectivity index (χ3n) is 4.93. The van der Waals surface area contributed by atoms with Crippen molar-refractivity contribution in [1.29, 1.82) is 0 Å². The van der Waals surface area contributed by atoms with Crippen molar-refractivity contribution in [3.8, 4) is 0 Å². The maximum Gasteiger partial charge on any atom is 0.310 e. The monoisotopic (exact) mass is 360 g/mol. The van der Waals surface area contributed by atoms with Crippen molar-refractivity contribution in [3.63, 3.8) is 0 Å². The number of aromatic nitrogens is 1. The summed E-state index contributed by atoms with van der Waals surface area (Å²) in [4.78, 5) is 30.1. The maximum absolute atomic E-state index is 13.2. The molecule has 136 valence electrons. The number of para-hydroxylation sites is 1. The smallest absolute Gasteiger partial charge is 0.310 e. The Morgan fingerprint density at radius 1 is 1.07 bits per heavy atom. The SMILES string of the molecule is COC(=O)Cc1c(C(=O)N2CC=C(c3ccccc3)C2)[nH]c2ccccc12. The van der Waals surface area contributed by atoms with E-state index in [4.69, 9.17) is 4.74 Å². The highest BCUT2D eigenvalue weighted by atomic mass is 16.5. The predicted molar refractivity (Wildman–Crippen MR) is 104 cm³/mol. The number of aromatic amines is 1. The molecule has 1 N–H and O–H groups in total. The first-order chi connectivity index (χ1) is 13.2. The van der Waals surface area contributed by atoms with Gasteiger partial charge in [0.1, 0.15) is 5.69 Å². The van der Waals surface area contributed by atoms with Crippen LogP contribution in [0.3, 0.4) is 0 Å². The number of benzene rings is 2. The number of esters is 1. The summed E-state index contributed by atoms with van der Waals surface area (Å²) in [5, 5.41) is 0.877. The molecule has 4 rings (SSSR count). The standard InChI is InChI=1S/C22H20N2O3/c1-27-20(25)13-18-17-9-5-6-10-19(17)23-21(18)22(26)24-12-11-16(14-24)15-7-3-2-4-8-15/h2-11,23H,12-14H2,1H3. The average Bonchev–Trinajstić information content (AvgIpc) is 3.34. The molecule has 2 aromatic carbocycles. The van der Waals surface area contributed by atoms with E-state index in [2.05, 4.69) is 11.1 Å². The second kappa shape index (κ2) is 7.11. The lowest BCUT2D eigenvalue weighted by Crippen LogP contribution is -2.30. The number of H-pyrrole nitrogens is 1. The van der Waals surface area contributed by atoms with Crippen molar-refractivity contribution in [2.75, 3.05) is 20.2 Å². The number of nitrogens with one attached hydrogen (secondary N) is 1. The van der Waals surface area contributed by atoms with Crippen LogP contribution in [0.15, 0.2) is 60.7 Å². The number of nitrogens with zero attached hydrogens (tertiary/aromatic N) is 1. The average molecular weight is 360 g/mol. The van der Waals surface area contributed by atoms with Gasteiger partial charge in [0.15, 0.2) is 0 Å². The Morgan fingerprint density at radius 3 is 2.59 bits per heavy atom. The van der Waals surface area contributed by atoms with Gasteiger partial charge in [-0.2, -0.15) is 0 Å². The molecule has 0 saturated heterocycles. The minimum absolute atomic E-state index is 0.0639. The molecule has 3 aromatic rings. The van der Waals surface area contributed by atoms with Crippen LogP contribution in [-0.4, -0.2) is 42.0 Å². The first-order valence-corrected chi connectivity index (χ1v) is 8.87. The quantitative estimate of drug-likeness (QED) is 0.725. The maximum atomic E-state index is 13.2. The number of methoxy groups -OCH3 is 1. The van der Waals surface area contributed by atoms with Gasteiger partial charge in [0.25, 0.3) is 5.91 Å². The van der Waals surface area contributed by atoms with Gasteiger partial charge in [0.2, 0.25) is 0 Å². The van der Waals surface area contributed by atoms with Crippen LogP contribution in [0, 0.1) is 0 Å². The zero-order chi connectivity index (χ0) is 18.8. The van der Waals surface area contributed by atoms with E-state index in [0.29, 0.717) is 24.3 Å². The fraction of sp³-hybridized carbons (Fsp3) is 0.182. The summed E-state index contributed by atoms with van der Waals surface area (Å²) in [6, 6.07) is 17.7. The first-order valence-electron chi connectivity index (χ1n) is 8.87. The number of amides is 1. The van der Waals surface area contributed by atoms with E-state index in [9.17, 15) is 9.59 Å². The highest BCUT2D eigenvalue weighted by Gasteiger charge is 2.27. The van der Waals surface area contributed by atoms with Gasteiger partial charge in [-0.05, 0) is 17.2 Å². The Kier molecular flexibility index (Phi) is 4.50. The molecule has 0 fully saturated rings. The summed E-state index contributed by atoms with van der Waals surface area (Å²) >= 11 is 0. The van der Waals surface area contributed by atoms with E-state index in [1.807, 2.05) is 54.6 Å². The molecule has 0 unspecified atom stereocenters. The highest BCUT2D eigenvalue weighted by Crippen LogP contribution is 2.27. The van der Waals surface area contributed by atoms with Crippen LogP contribution >= 0.6 is 0 Å². The molecule has 0 bridgehead atoms. The van der Waals surface area contributed by atoms with Gasteiger partial charge in [-0.1, -0.05) is 54.6 Å². The van der Waals surface area contributed by atoms with Crippen LogP contribution in [0.2, 0.25) is 0 Å². The third-order valence-corrected chi connectivity index (χ3v) is 4.93. The summed E-state index contributed by atoms with van der Waals surface area (Å²) in [7, 11) is 1.36. The number of carbonyl (C=O) groups excluding carboxylic acids is 2. The molecule has 27 heavy (non-hydrogen) atoms. The van der Waals surface area contributed by atoms with Crippen molar-refractivity contribution in [3.05, 3.63) is 77.5 Å². The minimum Gasteiger partial charge on any atom is -0.469 e. The molecule has 2 heterocycles. The predicted octanol–water partition coefficient (Wildman–Crippen LogP) is 3.42. The van der Waals surface area contributed by atoms with Crippen LogP contribution < -0.4 is 0 Å². The molecule has 0 saturated carbocycles. The summed E-state index contributed by atoms with van der Waals surface area (Å²) in [6.07, 6.45) is 2.14. The Morgan fingerprint density at radius 2 is 1.81 bits per heavy atom. The van der Waals surface area contributed by atoms with Crippen LogP contribution in [0.1, 0.15) is 21.6 Å². The van der Waals surface area contributed by atoms with Crippen LogP contribution in [0.25, 0.3) is 16.5 Å². The summed E-state index contributed by atoms with van der Waals surface area (Å²) in [5.74, 6) is -0.467. The van der Waals surface area contributed by atoms with Crippen LogP contribution in [-0.2, 0) is 16.0 Å². The van der Waals surface area contributed by atoms with Gasteiger partial charge in [-0.25, -0.2) is 0 Å². The van der Waals surface area contributed by atoms with Gasteiger partial charge in [-0.15, -0.1) is 0 Å². The molecule has 0 aliphatic carbocycles. The zero-order valence-corrected chi connectivity index (χ0v) is 15.1. The fourth-order valence-electron chi connectivity index (χ4n) is 3.51. The second-order valence-corrected chi connectivity index (χ2v) is 6.56. The van der Waals surface area contributed by atoms with E-state index in [1.165, 1.54) is 7.11 Å². The molecule has 5 heteroatoms. The highest BCUT2D eigenvalue weighted by molar-refractivity contribution is 6.03. The topological polar surface area (TPSA) is 62.4 Å². The van der Waals surface area contributed by atoms with E-state index in [0.717, 1.165) is 22.0 Å². The van der Waals surface area contributed by atoms with Crippen LogP contribution in [0.5, 0.6) is 0 Å². The normalized spacial score (nSPS) is 13.7. The molecule has 5 nitrogen and oxygen atoms in total. The zero-order valence-electron chi connectivity index (χ0n) is 15.1. The lowest BCUT2D eigenvalue weighted by Gasteiger charge is -2.17. The van der Waals surface area contributed by atoms with E-state index in [-0.39, 0.29) is 18.3 Å². The number of hydrogen-bond donors (Lipinski definition) is 1. The van der Waals surface area contributed by atoms with Crippen molar-refractivity contribution in [1.82, 2.24) is 9.88 Å². The molecule has 0 spiro atoms. The lowest BCUT2D eigenvalue weighted by molar-refractivity contribution is -0.139. The Labute approximate surface area is 157 Å². The number of fused-ring (bicyclic) bond motifs is 1. The number of rotatable bonds is 4. The van der Waals surface area contributed by atoms with Gasteiger partial charge in [0, 0.05) is 29.6 Å². The number of ether oxygens (including phenoxy) is 1. The van der Waals surface area contributed by atoms with Gasteiger partial charge >= 0.3 is 5.97 Å². The minimum atomic E-state index is -0.363. The molecular weight excluding hydrogens is 340 g/mol. The summed E-state index contributed by atoms with van der Waals surface area (Å²) in [6.45, 7) is 1.10. The number of hydrogen-bond acceptors (Lipinski definition) is 3. The Bertz CT molecular complexity index is 1030. The molecule has 1 aliphatic heterocycles. The van der Waals surface area contributed by atoms with Crippen molar-refractivity contribution >= 4 is 28.4 Å². The second-order valence-electron chi connectivity index (χ2n) is 6.56.